The third kappa shape index (κ3) is 5.12. The lowest BCUT2D eigenvalue weighted by Crippen LogP contribution is -2.31. The maximum Gasteiger partial charge on any atom is 0.338 e. The highest BCUT2D eigenvalue weighted by molar-refractivity contribution is 9.10. The molecule has 0 bridgehead atoms. The number of ether oxygens (including phenoxy) is 1. The van der Waals surface area contributed by atoms with Crippen molar-refractivity contribution >= 4 is 33.5 Å². The summed E-state index contributed by atoms with van der Waals surface area (Å²) in [5.74, 6) is -1.27. The molecule has 2 aromatic rings. The zero-order valence-electron chi connectivity index (χ0n) is 13.3. The average molecular weight is 407 g/mol. The van der Waals surface area contributed by atoms with Crippen molar-refractivity contribution in [1.82, 2.24) is 5.32 Å². The Labute approximate surface area is 152 Å². The first kappa shape index (κ1) is 18.6. The van der Waals surface area contributed by atoms with Crippen molar-refractivity contribution < 1.29 is 19.2 Å². The molecule has 0 aliphatic rings. The minimum atomic E-state index is -0.799. The zero-order valence-corrected chi connectivity index (χ0v) is 14.9. The Hall–Kier alpha value is -2.74. The first-order valence-corrected chi connectivity index (χ1v) is 8.13. The highest BCUT2D eigenvalue weighted by Gasteiger charge is 2.16. The van der Waals surface area contributed by atoms with Crippen molar-refractivity contribution in [3.63, 3.8) is 0 Å². The molecule has 0 unspecified atom stereocenters. The quantitative estimate of drug-likeness (QED) is 0.450. The number of rotatable bonds is 6. The second-order valence-electron chi connectivity index (χ2n) is 5.19. The molecule has 0 spiro atoms. The van der Waals surface area contributed by atoms with Crippen LogP contribution in [0.2, 0.25) is 0 Å². The van der Waals surface area contributed by atoms with Gasteiger partial charge in [-0.2, -0.15) is 0 Å². The number of nitrogens with one attached hydrogen (secondary N) is 1. The van der Waals surface area contributed by atoms with E-state index in [1.54, 1.807) is 6.92 Å². The largest absolute Gasteiger partial charge is 0.452 e. The van der Waals surface area contributed by atoms with Crippen LogP contribution in [0.1, 0.15) is 28.9 Å². The normalized spacial score (nSPS) is 11.4. The number of nitrogens with zero attached hydrogens (tertiary/aromatic N) is 1. The summed E-state index contributed by atoms with van der Waals surface area (Å²) in [5, 5.41) is 13.4. The van der Waals surface area contributed by atoms with E-state index in [-0.39, 0.29) is 17.3 Å². The van der Waals surface area contributed by atoms with E-state index in [1.165, 1.54) is 18.2 Å². The molecule has 8 heteroatoms. The van der Waals surface area contributed by atoms with Crippen LogP contribution in [0.4, 0.5) is 5.69 Å². The minimum absolute atomic E-state index is 0.0147. The Balaban J connectivity index is 1.91. The van der Waals surface area contributed by atoms with E-state index >= 15 is 0 Å². The lowest BCUT2D eigenvalue weighted by molar-refractivity contribution is -0.384. The van der Waals surface area contributed by atoms with E-state index in [1.807, 2.05) is 24.3 Å². The van der Waals surface area contributed by atoms with Crippen molar-refractivity contribution in [2.24, 2.45) is 0 Å². The fraction of sp³-hybridized carbons (Fsp3) is 0.176. The third-order valence-corrected chi connectivity index (χ3v) is 4.10. The maximum absolute atomic E-state index is 11.9. The molecule has 1 atom stereocenters. The van der Waals surface area contributed by atoms with Crippen LogP contribution in [0.3, 0.4) is 0 Å². The van der Waals surface area contributed by atoms with E-state index in [9.17, 15) is 19.7 Å². The summed E-state index contributed by atoms with van der Waals surface area (Å²) in [6.07, 6.45) is 0. The molecular formula is C17H15BrN2O5. The summed E-state index contributed by atoms with van der Waals surface area (Å²) in [5.41, 5.74) is 0.683. The van der Waals surface area contributed by atoms with Gasteiger partial charge in [0.15, 0.2) is 6.61 Å². The van der Waals surface area contributed by atoms with Crippen molar-refractivity contribution in [2.45, 2.75) is 13.0 Å². The van der Waals surface area contributed by atoms with Gasteiger partial charge in [-0.05, 0) is 24.6 Å². The monoisotopic (exact) mass is 406 g/mol. The molecule has 0 aromatic heterocycles. The highest BCUT2D eigenvalue weighted by Crippen LogP contribution is 2.22. The van der Waals surface area contributed by atoms with Crippen LogP contribution in [0.5, 0.6) is 0 Å². The summed E-state index contributed by atoms with van der Waals surface area (Å²) in [6, 6.07) is 12.3. The molecular weight excluding hydrogens is 392 g/mol. The first-order valence-electron chi connectivity index (χ1n) is 7.34. The lowest BCUT2D eigenvalue weighted by Gasteiger charge is -2.15. The van der Waals surface area contributed by atoms with Crippen LogP contribution in [-0.4, -0.2) is 23.4 Å². The topological polar surface area (TPSA) is 98.5 Å². The van der Waals surface area contributed by atoms with Gasteiger partial charge in [0, 0.05) is 16.6 Å². The molecule has 2 rings (SSSR count). The van der Waals surface area contributed by atoms with Crippen molar-refractivity contribution in [1.29, 1.82) is 0 Å². The number of non-ortho nitro benzene ring substituents is 1. The number of carbonyl (C=O) groups excluding carboxylic acids is 2. The van der Waals surface area contributed by atoms with Crippen LogP contribution in [-0.2, 0) is 9.53 Å². The number of hydrogen-bond donors (Lipinski definition) is 1. The molecule has 0 saturated carbocycles. The summed E-state index contributed by atoms with van der Waals surface area (Å²) >= 11 is 3.41. The Kier molecular flexibility index (Phi) is 6.24. The van der Waals surface area contributed by atoms with Gasteiger partial charge >= 0.3 is 5.97 Å². The molecule has 0 aliphatic heterocycles. The Morgan fingerprint density at radius 3 is 2.64 bits per heavy atom. The Bertz CT molecular complexity index is 809. The zero-order chi connectivity index (χ0) is 18.4. The number of nitro groups is 1. The molecule has 1 amide bonds. The number of esters is 1. The van der Waals surface area contributed by atoms with Crippen LogP contribution in [0, 0.1) is 10.1 Å². The third-order valence-electron chi connectivity index (χ3n) is 3.38. The van der Waals surface area contributed by atoms with E-state index in [0.29, 0.717) is 0 Å². The lowest BCUT2D eigenvalue weighted by atomic mass is 10.1. The molecule has 25 heavy (non-hydrogen) atoms. The van der Waals surface area contributed by atoms with Crippen LogP contribution < -0.4 is 5.32 Å². The summed E-state index contributed by atoms with van der Waals surface area (Å²) < 4.78 is 5.76. The number of benzene rings is 2. The van der Waals surface area contributed by atoms with Crippen LogP contribution in [0.15, 0.2) is 53.0 Å². The van der Waals surface area contributed by atoms with E-state index < -0.39 is 23.4 Å². The van der Waals surface area contributed by atoms with Crippen molar-refractivity contribution in [3.05, 3.63) is 74.2 Å². The highest BCUT2D eigenvalue weighted by atomic mass is 79.9. The Morgan fingerprint density at radius 2 is 1.96 bits per heavy atom. The van der Waals surface area contributed by atoms with Crippen LogP contribution >= 0.6 is 15.9 Å². The standard InChI is InChI=1S/C17H15BrN2O5/c1-11(14-7-2-3-8-15(14)18)19-16(21)10-25-17(22)12-5-4-6-13(9-12)20(23)24/h2-9,11H,10H2,1H3,(H,19,21)/t11-/m1/s1. The summed E-state index contributed by atoms with van der Waals surface area (Å²) in [4.78, 5) is 33.9. The van der Waals surface area contributed by atoms with Gasteiger partial charge in [0.05, 0.1) is 16.5 Å². The molecule has 130 valence electrons. The number of hydrogen-bond acceptors (Lipinski definition) is 5. The molecule has 0 radical (unpaired) electrons. The van der Waals surface area contributed by atoms with E-state index in [4.69, 9.17) is 4.74 Å². The predicted molar refractivity (Wildman–Crippen MR) is 94.1 cm³/mol. The van der Waals surface area contributed by atoms with Gasteiger partial charge in [0.2, 0.25) is 0 Å². The SMILES string of the molecule is C[C@@H](NC(=O)COC(=O)c1cccc([N+](=O)[O-])c1)c1ccccc1Br. The van der Waals surface area contributed by atoms with Gasteiger partial charge in [0.25, 0.3) is 11.6 Å². The van der Waals surface area contributed by atoms with Crippen molar-refractivity contribution in [2.75, 3.05) is 6.61 Å². The Morgan fingerprint density at radius 1 is 1.24 bits per heavy atom. The molecule has 0 heterocycles. The average Bonchev–Trinajstić information content (AvgIpc) is 2.60. The number of amides is 1. The van der Waals surface area contributed by atoms with Crippen LogP contribution in [0.25, 0.3) is 0 Å². The number of halogens is 1. The number of nitro benzene ring substituents is 1. The summed E-state index contributed by atoms with van der Waals surface area (Å²) in [7, 11) is 0. The smallest absolute Gasteiger partial charge is 0.338 e. The van der Waals surface area contributed by atoms with Crippen molar-refractivity contribution in [3.8, 4) is 0 Å². The second-order valence-corrected chi connectivity index (χ2v) is 6.05. The molecule has 2 aromatic carbocycles. The summed E-state index contributed by atoms with van der Waals surface area (Å²) in [6.45, 7) is 1.33. The van der Waals surface area contributed by atoms with E-state index in [0.717, 1.165) is 16.1 Å². The molecule has 0 fully saturated rings. The van der Waals surface area contributed by atoms with Gasteiger partial charge in [-0.3, -0.25) is 14.9 Å². The fourth-order valence-corrected chi connectivity index (χ4v) is 2.78. The van der Waals surface area contributed by atoms with Gasteiger partial charge in [-0.25, -0.2) is 4.79 Å². The number of carbonyl (C=O) groups is 2. The fourth-order valence-electron chi connectivity index (χ4n) is 2.15. The maximum atomic E-state index is 11.9. The molecule has 7 nitrogen and oxygen atoms in total. The predicted octanol–water partition coefficient (Wildman–Crippen LogP) is 3.39. The second kappa shape index (κ2) is 8.39. The molecule has 0 aliphatic carbocycles. The minimum Gasteiger partial charge on any atom is -0.452 e. The molecule has 1 N–H and O–H groups in total. The van der Waals surface area contributed by atoms with E-state index in [2.05, 4.69) is 21.2 Å². The van der Waals surface area contributed by atoms with Gasteiger partial charge < -0.3 is 10.1 Å². The molecule has 0 saturated heterocycles. The van der Waals surface area contributed by atoms with Gasteiger partial charge in [0.1, 0.15) is 0 Å². The first-order chi connectivity index (χ1) is 11.9. The van der Waals surface area contributed by atoms with Gasteiger partial charge in [-0.1, -0.05) is 40.2 Å². The van der Waals surface area contributed by atoms with Gasteiger partial charge in [-0.15, -0.1) is 0 Å².